The van der Waals surface area contributed by atoms with E-state index in [9.17, 15) is 67.5 Å². The molecule has 5 heterocycles. The lowest BCUT2D eigenvalue weighted by atomic mass is 9.87. The average molecular weight is 1100 g/mol. The Morgan fingerprint density at radius 2 is 1.76 bits per heavy atom. The minimum absolute atomic E-state index is 0.0156. The normalized spacial score (nSPS) is 25.1. The lowest BCUT2D eigenvalue weighted by Crippen LogP contribution is -2.71. The number of imidazole rings is 1. The maximum atomic E-state index is 13.3. The molecule has 0 radical (unpaired) electrons. The topological polar surface area (TPSA) is 439 Å². The van der Waals surface area contributed by atoms with Crippen LogP contribution in [0.1, 0.15) is 46.3 Å². The first kappa shape index (κ1) is 56.3. The Balaban J connectivity index is 0.894. The van der Waals surface area contributed by atoms with Crippen LogP contribution in [0.5, 0.6) is 0 Å². The summed E-state index contributed by atoms with van der Waals surface area (Å²) >= 11 is 2.29. The molecule has 3 aliphatic heterocycles. The molecular formula is C37H53N10O19P3S2. The number of phosphoric acid groups is 3. The average Bonchev–Trinajstić information content (AvgIpc) is 3.87. The summed E-state index contributed by atoms with van der Waals surface area (Å²) in [4.78, 5) is 117. The van der Waals surface area contributed by atoms with Gasteiger partial charge in [0, 0.05) is 36.4 Å². The zero-order chi connectivity index (χ0) is 52.2. The Kier molecular flexibility index (Phi) is 18.3. The van der Waals surface area contributed by atoms with E-state index in [4.69, 9.17) is 25.3 Å². The summed E-state index contributed by atoms with van der Waals surface area (Å²) in [5.41, 5.74) is 12.0. The molecule has 4 amide bonds. The van der Waals surface area contributed by atoms with E-state index in [1.807, 2.05) is 18.2 Å². The Morgan fingerprint density at radius 3 is 2.45 bits per heavy atom. The van der Waals surface area contributed by atoms with Gasteiger partial charge in [-0.2, -0.15) is 4.31 Å². The fourth-order valence-corrected chi connectivity index (χ4v) is 12.3. The third-order valence-corrected chi connectivity index (χ3v) is 16.5. The van der Waals surface area contributed by atoms with Crippen molar-refractivity contribution in [2.24, 2.45) is 11.1 Å². The molecule has 2 aromatic heterocycles. The van der Waals surface area contributed by atoms with E-state index < -0.39 is 119 Å². The highest BCUT2D eigenvalue weighted by Crippen LogP contribution is 2.61. The minimum Gasteiger partial charge on any atom is -0.386 e. The van der Waals surface area contributed by atoms with Crippen molar-refractivity contribution in [3.63, 3.8) is 0 Å². The number of nitrogens with two attached hydrogens (primary N) is 2. The van der Waals surface area contributed by atoms with Gasteiger partial charge in [-0.1, -0.05) is 43.8 Å². The summed E-state index contributed by atoms with van der Waals surface area (Å²) in [5.74, 6) is -1.96. The van der Waals surface area contributed by atoms with Crippen molar-refractivity contribution < 1.29 is 90.1 Å². The molecule has 4 aliphatic rings. The molecule has 2 aromatic rings. The predicted octanol–water partition coefficient (Wildman–Crippen LogP) is -1.06. The Bertz CT molecular complexity index is 2630. The number of nitrogen functional groups attached to an aromatic ring is 1. The number of thioether (sulfide) groups is 2. The van der Waals surface area contributed by atoms with Crippen LogP contribution in [0.15, 0.2) is 47.7 Å². The third-order valence-electron chi connectivity index (χ3n) is 11.1. The molecule has 0 spiro atoms. The van der Waals surface area contributed by atoms with E-state index in [1.165, 1.54) is 30.5 Å². The molecule has 71 heavy (non-hydrogen) atoms. The Morgan fingerprint density at radius 1 is 1.04 bits per heavy atom. The molecule has 29 nitrogen and oxygen atoms in total. The van der Waals surface area contributed by atoms with Gasteiger partial charge in [-0.05, 0) is 30.9 Å². The predicted molar refractivity (Wildman–Crippen MR) is 249 cm³/mol. The van der Waals surface area contributed by atoms with Crippen molar-refractivity contribution in [2.75, 3.05) is 43.5 Å². The van der Waals surface area contributed by atoms with Gasteiger partial charge in [0.2, 0.25) is 22.8 Å². The van der Waals surface area contributed by atoms with Crippen LogP contribution in [-0.4, -0.2) is 163 Å². The van der Waals surface area contributed by atoms with Crippen molar-refractivity contribution in [1.29, 1.82) is 0 Å². The van der Waals surface area contributed by atoms with Gasteiger partial charge >= 0.3 is 23.5 Å². The first-order valence-corrected chi connectivity index (χ1v) is 27.9. The van der Waals surface area contributed by atoms with Gasteiger partial charge in [-0.3, -0.25) is 47.0 Å². The highest BCUT2D eigenvalue weighted by atomic mass is 32.2. The second-order valence-corrected chi connectivity index (χ2v) is 23.3. The number of nitrogens with one attached hydrogen (secondary N) is 3. The lowest BCUT2D eigenvalue weighted by Gasteiger charge is -2.50. The number of carbonyl (C=O) groups is 5. The van der Waals surface area contributed by atoms with E-state index >= 15 is 0 Å². The van der Waals surface area contributed by atoms with Gasteiger partial charge in [0.15, 0.2) is 17.7 Å². The number of ether oxygens (including phenoxy) is 1. The van der Waals surface area contributed by atoms with Crippen LogP contribution in [0.3, 0.4) is 0 Å². The summed E-state index contributed by atoms with van der Waals surface area (Å²) in [6.45, 7) is 1.86. The molecular weight excluding hydrogens is 1050 g/mol. The molecule has 1 aliphatic carbocycles. The molecule has 0 bridgehead atoms. The summed E-state index contributed by atoms with van der Waals surface area (Å²) in [5, 5.41) is 28.4. The number of fused-ring (bicyclic) bond motifs is 2. The Hall–Kier alpha value is -3.97. The highest BCUT2D eigenvalue weighted by molar-refractivity contribution is 8.14. The number of nitrogens with zero attached hydrogens (tertiary/aromatic N) is 5. The zero-order valence-corrected chi connectivity index (χ0v) is 42.2. The van der Waals surface area contributed by atoms with Gasteiger partial charge in [-0.15, -0.1) is 11.8 Å². The smallest absolute Gasteiger partial charge is 0.386 e. The molecule has 7 unspecified atom stereocenters. The summed E-state index contributed by atoms with van der Waals surface area (Å²) in [6, 6.07) is -1.75. The van der Waals surface area contributed by atoms with Crippen LogP contribution < -0.4 is 27.4 Å². The molecule has 13 N–H and O–H groups in total. The number of carbonyl (C=O) groups excluding carboxylic acids is 5. The maximum Gasteiger partial charge on any atom is 0.481 e. The van der Waals surface area contributed by atoms with Crippen molar-refractivity contribution in [3.05, 3.63) is 47.7 Å². The molecule has 34 heteroatoms. The van der Waals surface area contributed by atoms with Crippen molar-refractivity contribution in [1.82, 2.24) is 40.4 Å². The fourth-order valence-electron chi connectivity index (χ4n) is 7.39. The van der Waals surface area contributed by atoms with E-state index in [1.54, 1.807) is 6.92 Å². The molecule has 2 saturated heterocycles. The molecule has 6 rings (SSSR count). The standard InChI is InChI=1S/C37H53N10O19P3S2/c1-18-14-71-35-24(45-31(51)22(38)19-7-5-4-6-8-19)33(53)47(35)25(18)36(54)70-12-11-40-21(48)9-10-41-32(52)28(50)37(2,3)15-63-69(60,61)66-68(58,59)62-13-20-27(65-67(55,56)57)26(49)34(64-20)46-17-44-23-29(39)42-16-43-30(23)46/h4-5,8,16-17,20,22,24,26-28,34-35,49-50H,6-7,9-15,38H2,1-3H3,(H,40,48)(H,41,52)(H,45,51)(H,58,59)(H,60,61)(H2,39,42,43)(H2,55,56,57)/t20?,22-,24-,26?,27?,28?,34?,35-/m1/s1. The van der Waals surface area contributed by atoms with Gasteiger partial charge in [-0.25, -0.2) is 28.6 Å². The second-order valence-electron chi connectivity index (χ2n) is 16.9. The number of aliphatic hydroxyl groups is 2. The van der Waals surface area contributed by atoms with E-state index in [0.29, 0.717) is 24.2 Å². The zero-order valence-electron chi connectivity index (χ0n) is 37.9. The largest absolute Gasteiger partial charge is 0.481 e. The molecule has 2 fully saturated rings. The number of allylic oxidation sites excluding steroid dienone is 3. The number of aromatic nitrogens is 4. The van der Waals surface area contributed by atoms with Crippen molar-refractivity contribution >= 4 is 92.7 Å². The van der Waals surface area contributed by atoms with Crippen LogP contribution in [0, 0.1) is 5.41 Å². The van der Waals surface area contributed by atoms with Crippen LogP contribution >= 0.6 is 47.0 Å². The van der Waals surface area contributed by atoms with Gasteiger partial charge in [0.1, 0.15) is 53.7 Å². The van der Waals surface area contributed by atoms with Gasteiger partial charge in [0.05, 0.1) is 25.2 Å². The van der Waals surface area contributed by atoms with Gasteiger partial charge in [0.25, 0.3) is 5.91 Å². The Labute approximate surface area is 412 Å². The number of amides is 4. The first-order chi connectivity index (χ1) is 33.2. The first-order valence-electron chi connectivity index (χ1n) is 21.3. The van der Waals surface area contributed by atoms with Crippen molar-refractivity contribution in [2.45, 2.75) is 88.1 Å². The number of aliphatic hydroxyl groups excluding tert-OH is 2. The SMILES string of the molecule is CC1=C(C(=O)SCCNC(=O)CCNC(=O)C(O)C(C)(C)COP(=O)(O)OP(=O)(O)OCC2OC(n3cnc4c(N)ncnc43)C(O)C2OP(=O)(O)O)N2C(=O)[C@@H](NC(=O)[C@H](N)C3=CCC=CC3)[C@H]2SC1. The monoisotopic (exact) mass is 1100 g/mol. The highest BCUT2D eigenvalue weighted by Gasteiger charge is 2.54. The maximum absolute atomic E-state index is 13.3. The van der Waals surface area contributed by atoms with Crippen LogP contribution in [0.4, 0.5) is 5.82 Å². The lowest BCUT2D eigenvalue weighted by molar-refractivity contribution is -0.147. The quantitative estimate of drug-likeness (QED) is 0.0273. The van der Waals surface area contributed by atoms with Crippen molar-refractivity contribution in [3.8, 4) is 0 Å². The van der Waals surface area contributed by atoms with Crippen LogP contribution in [0.2, 0.25) is 0 Å². The number of β-lactam (4-membered cyclic amide) rings is 1. The summed E-state index contributed by atoms with van der Waals surface area (Å²) in [7, 11) is -16.5. The van der Waals surface area contributed by atoms with Crippen LogP contribution in [0.25, 0.3) is 11.2 Å². The summed E-state index contributed by atoms with van der Waals surface area (Å²) < 4.78 is 62.5. The van der Waals surface area contributed by atoms with E-state index in [0.717, 1.165) is 34.6 Å². The van der Waals surface area contributed by atoms with E-state index in [2.05, 4.69) is 39.7 Å². The minimum atomic E-state index is -5.62. The number of rotatable bonds is 23. The third kappa shape index (κ3) is 14.0. The fraction of sp³-hybridized carbons (Fsp3) is 0.568. The second kappa shape index (κ2) is 23.1. The van der Waals surface area contributed by atoms with Crippen LogP contribution in [-0.2, 0) is 60.3 Å². The molecule has 392 valence electrons. The number of anilines is 1. The number of hydrogen-bond donors (Lipinski definition) is 11. The van der Waals surface area contributed by atoms with E-state index in [-0.39, 0.29) is 47.9 Å². The number of phosphoric ester groups is 3. The molecule has 0 aromatic carbocycles. The number of hydrogen-bond acceptors (Lipinski definition) is 22. The summed E-state index contributed by atoms with van der Waals surface area (Å²) in [6.07, 6.45) is -0.223. The molecule has 0 saturated carbocycles. The van der Waals surface area contributed by atoms with Gasteiger partial charge < -0.3 is 61.9 Å². The molecule has 10 atom stereocenters.